The minimum Gasteiger partial charge on any atom is -0.353 e. The Hall–Kier alpha value is -0.770. The molecule has 1 amide bonds. The van der Waals surface area contributed by atoms with Crippen molar-refractivity contribution >= 4 is 29.1 Å². The minimum atomic E-state index is 0.0887. The Balaban J connectivity index is 1.89. The van der Waals surface area contributed by atoms with Gasteiger partial charge >= 0.3 is 0 Å². The molecule has 1 aromatic carbocycles. The molecule has 0 radical (unpaired) electrons. The summed E-state index contributed by atoms with van der Waals surface area (Å²) in [4.78, 5) is 14.7. The van der Waals surface area contributed by atoms with Crippen LogP contribution in [0, 0.1) is 5.92 Å². The standard InChI is InChI=1S/C18H26Cl2N2O/c1-3-5-13(2)21-18(23)15-6-4-9-22(12-15)11-14-7-8-16(19)17(20)10-14/h7-8,10,13,15H,3-6,9,11-12H2,1-2H3,(H,21,23). The van der Waals surface area contributed by atoms with Crippen LogP contribution in [-0.2, 0) is 11.3 Å². The molecule has 1 aliphatic heterocycles. The van der Waals surface area contributed by atoms with Crippen LogP contribution in [0.4, 0.5) is 0 Å². The van der Waals surface area contributed by atoms with Gasteiger partial charge in [-0.2, -0.15) is 0 Å². The first kappa shape index (κ1) is 18.6. The number of nitrogens with zero attached hydrogens (tertiary/aromatic N) is 1. The van der Waals surface area contributed by atoms with Crippen molar-refractivity contribution in [1.82, 2.24) is 10.2 Å². The molecular formula is C18H26Cl2N2O. The number of rotatable bonds is 6. The summed E-state index contributed by atoms with van der Waals surface area (Å²) in [5, 5.41) is 4.31. The zero-order valence-corrected chi connectivity index (χ0v) is 15.5. The van der Waals surface area contributed by atoms with Crippen molar-refractivity contribution < 1.29 is 4.79 Å². The van der Waals surface area contributed by atoms with E-state index >= 15 is 0 Å². The maximum atomic E-state index is 12.4. The minimum absolute atomic E-state index is 0.0887. The van der Waals surface area contributed by atoms with Crippen molar-refractivity contribution in [2.24, 2.45) is 5.92 Å². The van der Waals surface area contributed by atoms with Crippen molar-refractivity contribution in [2.75, 3.05) is 13.1 Å². The number of hydrogen-bond acceptors (Lipinski definition) is 2. The van der Waals surface area contributed by atoms with Crippen LogP contribution in [0.25, 0.3) is 0 Å². The van der Waals surface area contributed by atoms with Crippen LogP contribution >= 0.6 is 23.2 Å². The van der Waals surface area contributed by atoms with Gasteiger partial charge in [0.1, 0.15) is 0 Å². The number of likely N-dealkylation sites (tertiary alicyclic amines) is 1. The fourth-order valence-corrected chi connectivity index (χ4v) is 3.50. The van der Waals surface area contributed by atoms with E-state index in [2.05, 4.69) is 24.1 Å². The fourth-order valence-electron chi connectivity index (χ4n) is 3.18. The third kappa shape index (κ3) is 5.66. The largest absolute Gasteiger partial charge is 0.353 e. The zero-order chi connectivity index (χ0) is 16.8. The Morgan fingerprint density at radius 1 is 1.39 bits per heavy atom. The number of halogens is 2. The molecule has 0 bridgehead atoms. The summed E-state index contributed by atoms with van der Waals surface area (Å²) in [5.74, 6) is 0.288. The predicted molar refractivity (Wildman–Crippen MR) is 97.0 cm³/mol. The molecule has 5 heteroatoms. The summed E-state index contributed by atoms with van der Waals surface area (Å²) in [6.07, 6.45) is 4.16. The topological polar surface area (TPSA) is 32.3 Å². The average Bonchev–Trinajstić information content (AvgIpc) is 2.51. The van der Waals surface area contributed by atoms with E-state index < -0.39 is 0 Å². The van der Waals surface area contributed by atoms with Gasteiger partial charge < -0.3 is 5.32 Å². The quantitative estimate of drug-likeness (QED) is 0.812. The van der Waals surface area contributed by atoms with E-state index in [1.54, 1.807) is 0 Å². The third-order valence-corrected chi connectivity index (χ3v) is 5.12. The number of hydrogen-bond donors (Lipinski definition) is 1. The highest BCUT2D eigenvalue weighted by Gasteiger charge is 2.26. The first-order valence-electron chi connectivity index (χ1n) is 8.46. The second-order valence-corrected chi connectivity index (χ2v) is 7.34. The number of nitrogens with one attached hydrogen (secondary N) is 1. The van der Waals surface area contributed by atoms with E-state index in [-0.39, 0.29) is 17.9 Å². The first-order valence-corrected chi connectivity index (χ1v) is 9.21. The summed E-state index contributed by atoms with van der Waals surface area (Å²) in [5.41, 5.74) is 1.14. The smallest absolute Gasteiger partial charge is 0.224 e. The number of piperidine rings is 1. The van der Waals surface area contributed by atoms with Gasteiger partial charge in [0.2, 0.25) is 5.91 Å². The molecule has 1 fully saturated rings. The Labute approximate surface area is 149 Å². The third-order valence-electron chi connectivity index (χ3n) is 4.38. The van der Waals surface area contributed by atoms with Gasteiger partial charge in [-0.15, -0.1) is 0 Å². The summed E-state index contributed by atoms with van der Waals surface area (Å²) >= 11 is 12.0. The summed E-state index contributed by atoms with van der Waals surface area (Å²) in [6, 6.07) is 6.01. The molecule has 0 aliphatic carbocycles. The summed E-state index contributed by atoms with van der Waals surface area (Å²) in [6.45, 7) is 6.87. The van der Waals surface area contributed by atoms with E-state index in [0.29, 0.717) is 10.0 Å². The molecule has 0 spiro atoms. The molecular weight excluding hydrogens is 331 g/mol. The van der Waals surface area contributed by atoms with Crippen molar-refractivity contribution in [3.8, 4) is 0 Å². The maximum absolute atomic E-state index is 12.4. The molecule has 1 heterocycles. The lowest BCUT2D eigenvalue weighted by Crippen LogP contribution is -2.45. The molecule has 0 saturated carbocycles. The summed E-state index contributed by atoms with van der Waals surface area (Å²) in [7, 11) is 0. The summed E-state index contributed by atoms with van der Waals surface area (Å²) < 4.78 is 0. The molecule has 1 aromatic rings. The van der Waals surface area contributed by atoms with E-state index in [0.717, 1.165) is 50.9 Å². The van der Waals surface area contributed by atoms with E-state index in [1.165, 1.54) is 0 Å². The van der Waals surface area contributed by atoms with Crippen molar-refractivity contribution in [3.63, 3.8) is 0 Å². The molecule has 1 aliphatic rings. The number of benzene rings is 1. The SMILES string of the molecule is CCCC(C)NC(=O)C1CCCN(Cc2ccc(Cl)c(Cl)c2)C1. The van der Waals surface area contributed by atoms with Crippen molar-refractivity contribution in [2.45, 2.75) is 52.1 Å². The highest BCUT2D eigenvalue weighted by Crippen LogP contribution is 2.25. The first-order chi connectivity index (χ1) is 11.0. The highest BCUT2D eigenvalue weighted by molar-refractivity contribution is 6.42. The van der Waals surface area contributed by atoms with Crippen LogP contribution < -0.4 is 5.32 Å². The second kappa shape index (κ2) is 8.91. The lowest BCUT2D eigenvalue weighted by atomic mass is 9.96. The number of amides is 1. The fraction of sp³-hybridized carbons (Fsp3) is 0.611. The number of carbonyl (C=O) groups is 1. The second-order valence-electron chi connectivity index (χ2n) is 6.52. The Bertz CT molecular complexity index is 536. The van der Waals surface area contributed by atoms with Crippen LogP contribution in [0.2, 0.25) is 10.0 Å². The van der Waals surface area contributed by atoms with Crippen LogP contribution in [-0.4, -0.2) is 29.9 Å². The van der Waals surface area contributed by atoms with Gasteiger partial charge in [0, 0.05) is 19.1 Å². The molecule has 2 rings (SSSR count). The molecule has 1 N–H and O–H groups in total. The molecule has 23 heavy (non-hydrogen) atoms. The maximum Gasteiger partial charge on any atom is 0.224 e. The predicted octanol–water partition coefficient (Wildman–Crippen LogP) is 4.51. The van der Waals surface area contributed by atoms with Crippen LogP contribution in [0.5, 0.6) is 0 Å². The van der Waals surface area contributed by atoms with E-state index in [1.807, 2.05) is 18.2 Å². The van der Waals surface area contributed by atoms with Crippen LogP contribution in [0.1, 0.15) is 45.1 Å². The number of carbonyl (C=O) groups excluding carboxylic acids is 1. The molecule has 0 aromatic heterocycles. The highest BCUT2D eigenvalue weighted by atomic mass is 35.5. The van der Waals surface area contributed by atoms with Gasteiger partial charge in [-0.05, 0) is 50.4 Å². The zero-order valence-electron chi connectivity index (χ0n) is 13.9. The normalized spacial score (nSPS) is 20.3. The Morgan fingerprint density at radius 3 is 2.87 bits per heavy atom. The molecule has 128 valence electrons. The Morgan fingerprint density at radius 2 is 2.17 bits per heavy atom. The van der Waals surface area contributed by atoms with Crippen molar-refractivity contribution in [3.05, 3.63) is 33.8 Å². The van der Waals surface area contributed by atoms with Crippen LogP contribution in [0.15, 0.2) is 18.2 Å². The van der Waals surface area contributed by atoms with Gasteiger partial charge in [0.05, 0.1) is 16.0 Å². The lowest BCUT2D eigenvalue weighted by Gasteiger charge is -2.32. The Kier molecular flexibility index (Phi) is 7.19. The van der Waals surface area contributed by atoms with Gasteiger partial charge in [0.25, 0.3) is 0 Å². The molecule has 2 unspecified atom stereocenters. The molecule has 1 saturated heterocycles. The monoisotopic (exact) mass is 356 g/mol. The van der Waals surface area contributed by atoms with Gasteiger partial charge in [-0.25, -0.2) is 0 Å². The van der Waals surface area contributed by atoms with Crippen LogP contribution in [0.3, 0.4) is 0 Å². The van der Waals surface area contributed by atoms with Gasteiger partial charge in [-0.1, -0.05) is 42.6 Å². The lowest BCUT2D eigenvalue weighted by molar-refractivity contribution is -0.127. The average molecular weight is 357 g/mol. The van der Waals surface area contributed by atoms with E-state index in [9.17, 15) is 4.79 Å². The van der Waals surface area contributed by atoms with Gasteiger partial charge in [0.15, 0.2) is 0 Å². The van der Waals surface area contributed by atoms with E-state index in [4.69, 9.17) is 23.2 Å². The molecule has 3 nitrogen and oxygen atoms in total. The van der Waals surface area contributed by atoms with Crippen molar-refractivity contribution in [1.29, 1.82) is 0 Å². The molecule has 2 atom stereocenters. The van der Waals surface area contributed by atoms with Gasteiger partial charge in [-0.3, -0.25) is 9.69 Å².